The number of ether oxygens (including phenoxy) is 1. The fraction of sp³-hybridized carbons (Fsp3) is 0.435. The van der Waals surface area contributed by atoms with Crippen molar-refractivity contribution in [1.29, 1.82) is 0 Å². The van der Waals surface area contributed by atoms with E-state index in [0.29, 0.717) is 18.3 Å². The van der Waals surface area contributed by atoms with Gasteiger partial charge in [-0.15, -0.1) is 11.3 Å². The molecule has 1 aliphatic carbocycles. The Kier molecular flexibility index (Phi) is 7.42. The number of nitrogens with zero attached hydrogens (tertiary/aromatic N) is 2. The van der Waals surface area contributed by atoms with Crippen LogP contribution in [0, 0.1) is 0 Å². The number of hydrogen-bond acceptors (Lipinski definition) is 6. The van der Waals surface area contributed by atoms with E-state index in [1.165, 1.54) is 28.6 Å². The van der Waals surface area contributed by atoms with Gasteiger partial charge in [0.15, 0.2) is 5.16 Å². The molecular weight excluding hydrogens is 430 g/mol. The summed E-state index contributed by atoms with van der Waals surface area (Å²) in [4.78, 5) is 32.9. The van der Waals surface area contributed by atoms with Crippen LogP contribution in [0.5, 0.6) is 0 Å². The van der Waals surface area contributed by atoms with Crippen LogP contribution >= 0.6 is 23.1 Å². The summed E-state index contributed by atoms with van der Waals surface area (Å²) in [6, 6.07) is 9.58. The molecule has 1 aliphatic rings. The minimum absolute atomic E-state index is 0.0291. The Bertz CT molecular complexity index is 1110. The van der Waals surface area contributed by atoms with E-state index in [9.17, 15) is 9.59 Å². The maximum absolute atomic E-state index is 13.7. The van der Waals surface area contributed by atoms with Crippen molar-refractivity contribution in [1.82, 2.24) is 14.9 Å². The number of para-hydroxylation sites is 1. The molecule has 0 saturated heterocycles. The van der Waals surface area contributed by atoms with Gasteiger partial charge in [-0.25, -0.2) is 4.98 Å². The molecular formula is C23H27N3O3S2. The number of thiophene rings is 1. The van der Waals surface area contributed by atoms with Crippen LogP contribution in [0.2, 0.25) is 0 Å². The molecule has 0 aliphatic heterocycles. The SMILES string of the molecule is COCCCNC(=O)CSc1nc2sc3c(c2c(=O)n1-c1ccccc1)CCCCC3. The topological polar surface area (TPSA) is 73.2 Å². The summed E-state index contributed by atoms with van der Waals surface area (Å²) in [5.74, 6) is 0.139. The number of benzene rings is 1. The zero-order chi connectivity index (χ0) is 21.6. The summed E-state index contributed by atoms with van der Waals surface area (Å²) in [6.07, 6.45) is 6.22. The second-order valence-corrected chi connectivity index (χ2v) is 9.63. The predicted molar refractivity (Wildman–Crippen MR) is 127 cm³/mol. The van der Waals surface area contributed by atoms with Crippen LogP contribution in [0.4, 0.5) is 0 Å². The Balaban J connectivity index is 1.69. The van der Waals surface area contributed by atoms with Gasteiger partial charge >= 0.3 is 0 Å². The first-order valence-corrected chi connectivity index (χ1v) is 12.5. The van der Waals surface area contributed by atoms with Crippen molar-refractivity contribution in [3.05, 3.63) is 51.1 Å². The Labute approximate surface area is 190 Å². The highest BCUT2D eigenvalue weighted by molar-refractivity contribution is 7.99. The third-order valence-corrected chi connectivity index (χ3v) is 7.53. The van der Waals surface area contributed by atoms with Crippen LogP contribution in [0.25, 0.3) is 15.9 Å². The lowest BCUT2D eigenvalue weighted by atomic mass is 10.1. The molecule has 0 unspecified atom stereocenters. The Morgan fingerprint density at radius 2 is 2.03 bits per heavy atom. The van der Waals surface area contributed by atoms with Crippen molar-refractivity contribution in [3.63, 3.8) is 0 Å². The highest BCUT2D eigenvalue weighted by Gasteiger charge is 2.22. The fourth-order valence-electron chi connectivity index (χ4n) is 3.89. The van der Waals surface area contributed by atoms with E-state index < -0.39 is 0 Å². The van der Waals surface area contributed by atoms with Gasteiger partial charge in [0.2, 0.25) is 5.91 Å². The number of nitrogens with one attached hydrogen (secondary N) is 1. The highest BCUT2D eigenvalue weighted by Crippen LogP contribution is 2.34. The summed E-state index contributed by atoms with van der Waals surface area (Å²) in [5, 5.41) is 4.22. The van der Waals surface area contributed by atoms with Gasteiger partial charge in [-0.1, -0.05) is 36.4 Å². The number of methoxy groups -OCH3 is 1. The third-order valence-electron chi connectivity index (χ3n) is 5.40. The Hall–Kier alpha value is -2.16. The van der Waals surface area contributed by atoms with Crippen molar-refractivity contribution < 1.29 is 9.53 Å². The van der Waals surface area contributed by atoms with Crippen LogP contribution in [-0.2, 0) is 22.4 Å². The number of carbonyl (C=O) groups excluding carboxylic acids is 1. The molecule has 3 aromatic rings. The van der Waals surface area contributed by atoms with Crippen molar-refractivity contribution in [2.24, 2.45) is 0 Å². The molecule has 0 atom stereocenters. The van der Waals surface area contributed by atoms with Gasteiger partial charge in [0.25, 0.3) is 5.56 Å². The number of amides is 1. The largest absolute Gasteiger partial charge is 0.385 e. The lowest BCUT2D eigenvalue weighted by Gasteiger charge is -2.12. The Morgan fingerprint density at radius 1 is 1.23 bits per heavy atom. The molecule has 31 heavy (non-hydrogen) atoms. The number of fused-ring (bicyclic) bond motifs is 3. The van der Waals surface area contributed by atoms with Gasteiger partial charge in [-0.2, -0.15) is 0 Å². The molecule has 1 N–H and O–H groups in total. The molecule has 6 nitrogen and oxygen atoms in total. The second-order valence-electron chi connectivity index (χ2n) is 7.60. The molecule has 164 valence electrons. The van der Waals surface area contributed by atoms with Crippen LogP contribution < -0.4 is 10.9 Å². The van der Waals surface area contributed by atoms with Crippen LogP contribution in [0.3, 0.4) is 0 Å². The molecule has 0 fully saturated rings. The van der Waals surface area contributed by atoms with E-state index in [1.54, 1.807) is 23.0 Å². The molecule has 0 radical (unpaired) electrons. The monoisotopic (exact) mass is 457 g/mol. The van der Waals surface area contributed by atoms with Gasteiger partial charge in [0.1, 0.15) is 4.83 Å². The number of rotatable bonds is 8. The van der Waals surface area contributed by atoms with Gasteiger partial charge < -0.3 is 10.1 Å². The number of aryl methyl sites for hydroxylation is 2. The number of aromatic nitrogens is 2. The average molecular weight is 458 g/mol. The normalized spacial score (nSPS) is 13.7. The summed E-state index contributed by atoms with van der Waals surface area (Å²) in [5.41, 5.74) is 1.93. The maximum atomic E-state index is 13.7. The smallest absolute Gasteiger partial charge is 0.267 e. The lowest BCUT2D eigenvalue weighted by Crippen LogP contribution is -2.28. The predicted octanol–water partition coefficient (Wildman–Crippen LogP) is 3.96. The zero-order valence-electron chi connectivity index (χ0n) is 17.7. The first-order chi connectivity index (χ1) is 15.2. The minimum atomic E-state index is -0.0722. The van der Waals surface area contributed by atoms with Gasteiger partial charge in [0.05, 0.1) is 16.8 Å². The van der Waals surface area contributed by atoms with Crippen molar-refractivity contribution in [3.8, 4) is 5.69 Å². The highest BCUT2D eigenvalue weighted by atomic mass is 32.2. The zero-order valence-corrected chi connectivity index (χ0v) is 19.3. The lowest BCUT2D eigenvalue weighted by molar-refractivity contribution is -0.118. The number of thioether (sulfide) groups is 1. The Morgan fingerprint density at radius 3 is 2.84 bits per heavy atom. The van der Waals surface area contributed by atoms with Crippen LogP contribution in [0.1, 0.15) is 36.1 Å². The minimum Gasteiger partial charge on any atom is -0.385 e. The average Bonchev–Trinajstić information content (AvgIpc) is 2.97. The summed E-state index contributed by atoms with van der Waals surface area (Å²) >= 11 is 2.95. The van der Waals surface area contributed by atoms with E-state index in [4.69, 9.17) is 9.72 Å². The van der Waals surface area contributed by atoms with Crippen LogP contribution in [0.15, 0.2) is 40.3 Å². The summed E-state index contributed by atoms with van der Waals surface area (Å²) in [7, 11) is 1.65. The molecule has 4 rings (SSSR count). The standard InChI is InChI=1S/C23H27N3O3S2/c1-29-14-8-13-24-19(27)15-30-23-25-21-20(17-11-6-3-7-12-18(17)31-21)22(28)26(23)16-9-4-2-5-10-16/h2,4-5,9-10H,3,6-8,11-15H2,1H3,(H,24,27). The molecule has 2 heterocycles. The molecule has 0 spiro atoms. The molecule has 1 amide bonds. The molecule has 1 aromatic carbocycles. The number of hydrogen-bond donors (Lipinski definition) is 1. The van der Waals surface area contributed by atoms with Gasteiger partial charge in [-0.05, 0) is 49.8 Å². The number of carbonyl (C=O) groups is 1. The van der Waals surface area contributed by atoms with Crippen molar-refractivity contribution in [2.45, 2.75) is 43.7 Å². The van der Waals surface area contributed by atoms with Crippen molar-refractivity contribution in [2.75, 3.05) is 26.0 Å². The van der Waals surface area contributed by atoms with Crippen molar-refractivity contribution >= 4 is 39.2 Å². The van der Waals surface area contributed by atoms with Crippen LogP contribution in [-0.4, -0.2) is 41.5 Å². The van der Waals surface area contributed by atoms with E-state index in [-0.39, 0.29) is 17.2 Å². The summed E-state index contributed by atoms with van der Waals surface area (Å²) in [6.45, 7) is 1.19. The molecule has 0 bridgehead atoms. The third kappa shape index (κ3) is 5.02. The van der Waals surface area contributed by atoms with E-state index in [0.717, 1.165) is 48.0 Å². The quantitative estimate of drug-likeness (QED) is 0.240. The second kappa shape index (κ2) is 10.4. The first-order valence-electron chi connectivity index (χ1n) is 10.7. The van der Waals surface area contributed by atoms with E-state index >= 15 is 0 Å². The van der Waals surface area contributed by atoms with Gasteiger partial charge in [-0.3, -0.25) is 14.2 Å². The molecule has 2 aromatic heterocycles. The first kappa shape index (κ1) is 22.0. The maximum Gasteiger partial charge on any atom is 0.267 e. The molecule has 0 saturated carbocycles. The fourth-order valence-corrected chi connectivity index (χ4v) is 6.04. The van der Waals surface area contributed by atoms with E-state index in [1.807, 2.05) is 30.3 Å². The molecule has 8 heteroatoms. The van der Waals surface area contributed by atoms with Gasteiger partial charge in [0, 0.05) is 25.1 Å². The summed E-state index contributed by atoms with van der Waals surface area (Å²) < 4.78 is 6.68. The van der Waals surface area contributed by atoms with E-state index in [2.05, 4.69) is 5.32 Å².